The molecule has 8 heteroatoms. The summed E-state index contributed by atoms with van der Waals surface area (Å²) in [6, 6.07) is 0. The second-order valence-electron chi connectivity index (χ2n) is 2.61. The fourth-order valence-electron chi connectivity index (χ4n) is 0.814. The van der Waals surface area contributed by atoms with Crippen molar-refractivity contribution < 1.29 is 14.7 Å². The molecular formula is C7H8ClN3O3S. The SMILES string of the molecule is O=C(O)CCCNC(=O)c1nnc(Cl)s1. The minimum atomic E-state index is -0.886. The van der Waals surface area contributed by atoms with E-state index in [-0.39, 0.29) is 21.8 Å². The van der Waals surface area contributed by atoms with E-state index in [9.17, 15) is 9.59 Å². The number of carboxylic acids is 1. The van der Waals surface area contributed by atoms with E-state index in [2.05, 4.69) is 15.5 Å². The van der Waals surface area contributed by atoms with Crippen LogP contribution in [0, 0.1) is 0 Å². The van der Waals surface area contributed by atoms with E-state index in [0.717, 1.165) is 11.3 Å². The number of rotatable bonds is 5. The van der Waals surface area contributed by atoms with Crippen LogP contribution in [0.25, 0.3) is 0 Å². The number of hydrogen-bond acceptors (Lipinski definition) is 5. The molecule has 0 aliphatic rings. The number of carbonyl (C=O) groups excluding carboxylic acids is 1. The number of hydrogen-bond donors (Lipinski definition) is 2. The summed E-state index contributed by atoms with van der Waals surface area (Å²) in [7, 11) is 0. The van der Waals surface area contributed by atoms with Crippen LogP contribution in [0.4, 0.5) is 0 Å². The van der Waals surface area contributed by atoms with Gasteiger partial charge in [0.15, 0.2) is 0 Å². The Morgan fingerprint density at radius 1 is 1.47 bits per heavy atom. The molecule has 0 aromatic carbocycles. The first-order chi connectivity index (χ1) is 7.09. The third kappa shape index (κ3) is 4.22. The summed E-state index contributed by atoms with van der Waals surface area (Å²) in [5.41, 5.74) is 0. The smallest absolute Gasteiger partial charge is 0.303 e. The molecule has 0 radical (unpaired) electrons. The normalized spacial score (nSPS) is 9.93. The molecule has 0 spiro atoms. The van der Waals surface area contributed by atoms with Gasteiger partial charge < -0.3 is 10.4 Å². The summed E-state index contributed by atoms with van der Waals surface area (Å²) in [4.78, 5) is 21.5. The maximum absolute atomic E-state index is 11.3. The van der Waals surface area contributed by atoms with Gasteiger partial charge >= 0.3 is 5.97 Å². The Labute approximate surface area is 94.3 Å². The van der Waals surface area contributed by atoms with Crippen molar-refractivity contribution in [3.8, 4) is 0 Å². The summed E-state index contributed by atoms with van der Waals surface area (Å²) in [6.07, 6.45) is 0.408. The number of halogens is 1. The molecule has 0 bridgehead atoms. The first kappa shape index (κ1) is 11.9. The molecule has 82 valence electrons. The average molecular weight is 250 g/mol. The number of carboxylic acid groups (broad SMARTS) is 1. The lowest BCUT2D eigenvalue weighted by Crippen LogP contribution is -2.24. The summed E-state index contributed by atoms with van der Waals surface area (Å²) >= 11 is 6.47. The maximum atomic E-state index is 11.3. The molecule has 0 aliphatic carbocycles. The van der Waals surface area contributed by atoms with E-state index in [0.29, 0.717) is 13.0 Å². The van der Waals surface area contributed by atoms with Gasteiger partial charge in [-0.2, -0.15) is 0 Å². The van der Waals surface area contributed by atoms with Gasteiger partial charge in [-0.1, -0.05) is 11.3 Å². The predicted molar refractivity (Wildman–Crippen MR) is 54.1 cm³/mol. The average Bonchev–Trinajstić information content (AvgIpc) is 2.59. The molecule has 15 heavy (non-hydrogen) atoms. The lowest BCUT2D eigenvalue weighted by molar-refractivity contribution is -0.137. The second kappa shape index (κ2) is 5.62. The lowest BCUT2D eigenvalue weighted by atomic mass is 10.3. The highest BCUT2D eigenvalue weighted by molar-refractivity contribution is 7.17. The number of nitrogens with one attached hydrogen (secondary N) is 1. The van der Waals surface area contributed by atoms with Gasteiger partial charge in [-0.15, -0.1) is 10.2 Å². The number of carbonyl (C=O) groups is 2. The topological polar surface area (TPSA) is 92.2 Å². The van der Waals surface area contributed by atoms with E-state index in [4.69, 9.17) is 16.7 Å². The van der Waals surface area contributed by atoms with Crippen molar-refractivity contribution in [1.82, 2.24) is 15.5 Å². The highest BCUT2D eigenvalue weighted by Gasteiger charge is 2.10. The second-order valence-corrected chi connectivity index (χ2v) is 4.17. The Hall–Kier alpha value is -1.21. The van der Waals surface area contributed by atoms with Crippen molar-refractivity contribution in [3.63, 3.8) is 0 Å². The van der Waals surface area contributed by atoms with Crippen LogP contribution in [0.15, 0.2) is 0 Å². The number of nitrogens with zero attached hydrogens (tertiary/aromatic N) is 2. The molecule has 0 saturated carbocycles. The van der Waals surface area contributed by atoms with E-state index < -0.39 is 5.97 Å². The van der Waals surface area contributed by atoms with Crippen LogP contribution in [0.5, 0.6) is 0 Å². The van der Waals surface area contributed by atoms with Gasteiger partial charge in [-0.3, -0.25) is 9.59 Å². The first-order valence-corrected chi connectivity index (χ1v) is 5.28. The molecule has 0 saturated heterocycles. The van der Waals surface area contributed by atoms with Crippen LogP contribution in [-0.2, 0) is 4.79 Å². The molecule has 1 heterocycles. The highest BCUT2D eigenvalue weighted by atomic mass is 35.5. The molecule has 1 aromatic rings. The quantitative estimate of drug-likeness (QED) is 0.753. The van der Waals surface area contributed by atoms with Gasteiger partial charge in [0.25, 0.3) is 5.91 Å². The Bertz CT molecular complexity index is 368. The van der Waals surface area contributed by atoms with Crippen molar-refractivity contribution in [2.45, 2.75) is 12.8 Å². The number of amides is 1. The van der Waals surface area contributed by atoms with Crippen LogP contribution in [0.2, 0.25) is 4.47 Å². The zero-order chi connectivity index (χ0) is 11.3. The Morgan fingerprint density at radius 2 is 2.20 bits per heavy atom. The monoisotopic (exact) mass is 249 g/mol. The van der Waals surface area contributed by atoms with E-state index >= 15 is 0 Å². The molecule has 0 fully saturated rings. The fourth-order valence-corrected chi connectivity index (χ4v) is 1.56. The molecule has 0 atom stereocenters. The molecular weight excluding hydrogens is 242 g/mol. The largest absolute Gasteiger partial charge is 0.481 e. The zero-order valence-electron chi connectivity index (χ0n) is 7.57. The van der Waals surface area contributed by atoms with Crippen LogP contribution >= 0.6 is 22.9 Å². The number of aromatic nitrogens is 2. The summed E-state index contributed by atoms with van der Waals surface area (Å²) < 4.78 is 0.200. The maximum Gasteiger partial charge on any atom is 0.303 e. The molecule has 2 N–H and O–H groups in total. The molecule has 0 unspecified atom stereocenters. The van der Waals surface area contributed by atoms with Crippen molar-refractivity contribution in [2.24, 2.45) is 0 Å². The van der Waals surface area contributed by atoms with Crippen molar-refractivity contribution in [1.29, 1.82) is 0 Å². The highest BCUT2D eigenvalue weighted by Crippen LogP contribution is 2.14. The van der Waals surface area contributed by atoms with Crippen LogP contribution < -0.4 is 5.32 Å². The third-order valence-corrected chi connectivity index (χ3v) is 2.47. The molecule has 6 nitrogen and oxygen atoms in total. The van der Waals surface area contributed by atoms with Crippen molar-refractivity contribution in [2.75, 3.05) is 6.54 Å². The van der Waals surface area contributed by atoms with Crippen LogP contribution in [0.1, 0.15) is 22.6 Å². The van der Waals surface area contributed by atoms with E-state index in [1.807, 2.05) is 0 Å². The number of aliphatic carboxylic acids is 1. The van der Waals surface area contributed by atoms with Crippen molar-refractivity contribution >= 4 is 34.8 Å². The fraction of sp³-hybridized carbons (Fsp3) is 0.429. The van der Waals surface area contributed by atoms with Gasteiger partial charge in [0.1, 0.15) is 0 Å². The van der Waals surface area contributed by atoms with Crippen LogP contribution in [0.3, 0.4) is 0 Å². The first-order valence-electron chi connectivity index (χ1n) is 4.08. The van der Waals surface area contributed by atoms with E-state index in [1.165, 1.54) is 0 Å². The van der Waals surface area contributed by atoms with Crippen LogP contribution in [-0.4, -0.2) is 33.7 Å². The predicted octanol–water partition coefficient (Wildman–Crippen LogP) is 0.786. The van der Waals surface area contributed by atoms with E-state index in [1.54, 1.807) is 0 Å². The summed E-state index contributed by atoms with van der Waals surface area (Å²) in [5, 5.41) is 18.1. The lowest BCUT2D eigenvalue weighted by Gasteiger charge is -1.99. The minimum absolute atomic E-state index is 0.0250. The molecule has 0 aliphatic heterocycles. The minimum Gasteiger partial charge on any atom is -0.481 e. The zero-order valence-corrected chi connectivity index (χ0v) is 9.14. The Kier molecular flexibility index (Phi) is 4.44. The van der Waals surface area contributed by atoms with Gasteiger partial charge in [0.2, 0.25) is 9.47 Å². The van der Waals surface area contributed by atoms with Gasteiger partial charge in [0.05, 0.1) is 0 Å². The summed E-state index contributed by atoms with van der Waals surface area (Å²) in [6.45, 7) is 0.294. The van der Waals surface area contributed by atoms with Gasteiger partial charge in [0, 0.05) is 13.0 Å². The molecule has 1 aromatic heterocycles. The summed E-state index contributed by atoms with van der Waals surface area (Å²) in [5.74, 6) is -1.27. The van der Waals surface area contributed by atoms with Gasteiger partial charge in [-0.25, -0.2) is 0 Å². The van der Waals surface area contributed by atoms with Crippen molar-refractivity contribution in [3.05, 3.63) is 9.47 Å². The standard InChI is InChI=1S/C7H8ClN3O3S/c8-7-11-10-6(15-7)5(14)9-3-1-2-4(12)13/h1-3H2,(H,9,14)(H,12,13). The third-order valence-electron chi connectivity index (χ3n) is 1.45. The Morgan fingerprint density at radius 3 is 2.73 bits per heavy atom. The van der Waals surface area contributed by atoms with Gasteiger partial charge in [-0.05, 0) is 18.0 Å². The Balaban J connectivity index is 2.28. The molecule has 1 rings (SSSR count). The molecule has 1 amide bonds.